The number of halogens is 3. The topological polar surface area (TPSA) is 46.2 Å². The standard InChI is InChI=1S/C9H16F3NO2S/c10-9(11,12)4-2-5-13-7-8-3-1-6-16(8,14)15/h8,13H,1-7H2. The molecule has 1 rings (SSSR count). The highest BCUT2D eigenvalue weighted by molar-refractivity contribution is 7.92. The number of rotatable bonds is 5. The molecule has 7 heteroatoms. The highest BCUT2D eigenvalue weighted by Gasteiger charge is 2.30. The Hall–Kier alpha value is -0.300. The van der Waals surface area contributed by atoms with Gasteiger partial charge in [-0.3, -0.25) is 0 Å². The number of nitrogens with one attached hydrogen (secondary N) is 1. The summed E-state index contributed by atoms with van der Waals surface area (Å²) in [6, 6.07) is 0. The van der Waals surface area contributed by atoms with Crippen LogP contribution in [0.1, 0.15) is 25.7 Å². The Bertz CT molecular complexity index is 313. The normalized spacial score (nSPS) is 24.8. The summed E-state index contributed by atoms with van der Waals surface area (Å²) in [6.07, 6.45) is -3.67. The maximum atomic E-state index is 11.8. The van der Waals surface area contributed by atoms with Crippen molar-refractivity contribution in [2.24, 2.45) is 0 Å². The molecule has 0 spiro atoms. The lowest BCUT2D eigenvalue weighted by Crippen LogP contribution is -2.31. The Morgan fingerprint density at radius 3 is 2.50 bits per heavy atom. The Labute approximate surface area is 93.3 Å². The van der Waals surface area contributed by atoms with E-state index in [0.717, 1.165) is 0 Å². The summed E-state index contributed by atoms with van der Waals surface area (Å²) < 4.78 is 58.1. The molecule has 3 nitrogen and oxygen atoms in total. The lowest BCUT2D eigenvalue weighted by Gasteiger charge is -2.11. The van der Waals surface area contributed by atoms with E-state index in [4.69, 9.17) is 0 Å². The molecule has 1 aliphatic heterocycles. The van der Waals surface area contributed by atoms with E-state index >= 15 is 0 Å². The van der Waals surface area contributed by atoms with E-state index in [-0.39, 0.29) is 25.3 Å². The summed E-state index contributed by atoms with van der Waals surface area (Å²) in [6.45, 7) is 0.492. The molecule has 1 N–H and O–H groups in total. The minimum atomic E-state index is -4.12. The number of alkyl halides is 3. The van der Waals surface area contributed by atoms with Crippen LogP contribution in [0.4, 0.5) is 13.2 Å². The first-order valence-corrected chi connectivity index (χ1v) is 7.02. The van der Waals surface area contributed by atoms with Crippen LogP contribution in [0.2, 0.25) is 0 Å². The van der Waals surface area contributed by atoms with Crippen LogP contribution < -0.4 is 5.32 Å². The third-order valence-corrected chi connectivity index (χ3v) is 4.92. The van der Waals surface area contributed by atoms with Gasteiger partial charge in [-0.2, -0.15) is 13.2 Å². The van der Waals surface area contributed by atoms with Gasteiger partial charge in [0.2, 0.25) is 0 Å². The predicted octanol–water partition coefficient (Wildman–Crippen LogP) is 1.50. The molecule has 16 heavy (non-hydrogen) atoms. The number of hydrogen-bond acceptors (Lipinski definition) is 3. The van der Waals surface area contributed by atoms with Crippen molar-refractivity contribution < 1.29 is 21.6 Å². The van der Waals surface area contributed by atoms with Gasteiger partial charge in [-0.1, -0.05) is 0 Å². The maximum absolute atomic E-state index is 11.8. The second-order valence-corrected chi connectivity index (χ2v) is 6.45. The van der Waals surface area contributed by atoms with Gasteiger partial charge < -0.3 is 5.32 Å². The van der Waals surface area contributed by atoms with Crippen LogP contribution >= 0.6 is 0 Å². The Morgan fingerprint density at radius 1 is 1.31 bits per heavy atom. The first-order valence-electron chi connectivity index (χ1n) is 5.30. The van der Waals surface area contributed by atoms with E-state index < -0.39 is 27.7 Å². The van der Waals surface area contributed by atoms with Gasteiger partial charge in [0, 0.05) is 13.0 Å². The van der Waals surface area contributed by atoms with Gasteiger partial charge in [-0.25, -0.2) is 8.42 Å². The predicted molar refractivity (Wildman–Crippen MR) is 55.0 cm³/mol. The zero-order chi connectivity index (χ0) is 12.2. The van der Waals surface area contributed by atoms with Crippen molar-refractivity contribution in [3.63, 3.8) is 0 Å². The second kappa shape index (κ2) is 5.35. The molecule has 0 saturated carbocycles. The molecule has 0 aliphatic carbocycles. The number of sulfone groups is 1. The molecule has 1 fully saturated rings. The van der Waals surface area contributed by atoms with Crippen LogP contribution in [0.25, 0.3) is 0 Å². The first-order chi connectivity index (χ1) is 7.31. The van der Waals surface area contributed by atoms with E-state index in [1.807, 2.05) is 0 Å². The molecule has 0 aromatic rings. The van der Waals surface area contributed by atoms with E-state index in [9.17, 15) is 21.6 Å². The lowest BCUT2D eigenvalue weighted by atomic mass is 10.2. The van der Waals surface area contributed by atoms with Crippen LogP contribution in [-0.2, 0) is 9.84 Å². The highest BCUT2D eigenvalue weighted by Crippen LogP contribution is 2.21. The molecule has 1 atom stereocenters. The first kappa shape index (κ1) is 13.8. The van der Waals surface area contributed by atoms with Crippen molar-refractivity contribution >= 4 is 9.84 Å². The summed E-state index contributed by atoms with van der Waals surface area (Å²) >= 11 is 0. The van der Waals surface area contributed by atoms with Crippen LogP contribution in [0.3, 0.4) is 0 Å². The zero-order valence-electron chi connectivity index (χ0n) is 8.89. The monoisotopic (exact) mass is 259 g/mol. The van der Waals surface area contributed by atoms with Crippen LogP contribution in [0.5, 0.6) is 0 Å². The number of hydrogen-bond donors (Lipinski definition) is 1. The largest absolute Gasteiger partial charge is 0.389 e. The van der Waals surface area contributed by atoms with Crippen molar-refractivity contribution in [1.82, 2.24) is 5.32 Å². The molecule has 1 aliphatic rings. The fraction of sp³-hybridized carbons (Fsp3) is 1.00. The van der Waals surface area contributed by atoms with Gasteiger partial charge in [0.25, 0.3) is 0 Å². The molecule has 96 valence electrons. The third kappa shape index (κ3) is 4.69. The van der Waals surface area contributed by atoms with Crippen molar-refractivity contribution in [3.05, 3.63) is 0 Å². The van der Waals surface area contributed by atoms with Gasteiger partial charge in [0.1, 0.15) is 0 Å². The lowest BCUT2D eigenvalue weighted by molar-refractivity contribution is -0.135. The van der Waals surface area contributed by atoms with Crippen LogP contribution in [0, 0.1) is 0 Å². The summed E-state index contributed by atoms with van der Waals surface area (Å²) in [5.41, 5.74) is 0. The summed E-state index contributed by atoms with van der Waals surface area (Å²) in [4.78, 5) is 0. The van der Waals surface area contributed by atoms with Gasteiger partial charge in [0.05, 0.1) is 11.0 Å². The minimum absolute atomic E-state index is 0.00370. The van der Waals surface area contributed by atoms with Gasteiger partial charge in [0.15, 0.2) is 9.84 Å². The molecule has 1 unspecified atom stereocenters. The molecule has 0 amide bonds. The molecular weight excluding hydrogens is 243 g/mol. The average Bonchev–Trinajstić information content (AvgIpc) is 2.43. The van der Waals surface area contributed by atoms with E-state index in [0.29, 0.717) is 12.8 Å². The molecule has 0 aromatic carbocycles. The van der Waals surface area contributed by atoms with Gasteiger partial charge in [-0.05, 0) is 25.8 Å². The molecule has 0 aromatic heterocycles. The summed E-state index contributed by atoms with van der Waals surface area (Å²) in [5.74, 6) is 0.210. The molecule has 1 saturated heterocycles. The fourth-order valence-electron chi connectivity index (χ4n) is 1.76. The van der Waals surface area contributed by atoms with Crippen molar-refractivity contribution in [2.75, 3.05) is 18.8 Å². The van der Waals surface area contributed by atoms with Crippen molar-refractivity contribution in [2.45, 2.75) is 37.1 Å². The molecule has 0 bridgehead atoms. The Morgan fingerprint density at radius 2 is 2.00 bits per heavy atom. The fourth-order valence-corrected chi connectivity index (χ4v) is 3.56. The Kier molecular flexibility index (Phi) is 4.61. The van der Waals surface area contributed by atoms with Gasteiger partial charge >= 0.3 is 6.18 Å². The second-order valence-electron chi connectivity index (χ2n) is 4.05. The molecule has 0 radical (unpaired) electrons. The van der Waals surface area contributed by atoms with E-state index in [2.05, 4.69) is 5.32 Å². The van der Waals surface area contributed by atoms with Gasteiger partial charge in [-0.15, -0.1) is 0 Å². The van der Waals surface area contributed by atoms with Crippen LogP contribution in [-0.4, -0.2) is 38.7 Å². The summed E-state index contributed by atoms with van der Waals surface area (Å²) in [7, 11) is -2.99. The minimum Gasteiger partial charge on any atom is -0.315 e. The van der Waals surface area contributed by atoms with E-state index in [1.54, 1.807) is 0 Å². The van der Waals surface area contributed by atoms with E-state index in [1.165, 1.54) is 0 Å². The highest BCUT2D eigenvalue weighted by atomic mass is 32.2. The summed E-state index contributed by atoms with van der Waals surface area (Å²) in [5, 5.41) is 2.37. The quantitative estimate of drug-likeness (QED) is 0.761. The van der Waals surface area contributed by atoms with Crippen molar-refractivity contribution in [3.8, 4) is 0 Å². The maximum Gasteiger partial charge on any atom is 0.389 e. The third-order valence-electron chi connectivity index (χ3n) is 2.65. The SMILES string of the molecule is O=S1(=O)CCCC1CNCCCC(F)(F)F. The smallest absolute Gasteiger partial charge is 0.315 e. The molecular formula is C9H16F3NO2S. The van der Waals surface area contributed by atoms with Crippen LogP contribution in [0.15, 0.2) is 0 Å². The van der Waals surface area contributed by atoms with Crippen molar-refractivity contribution in [1.29, 1.82) is 0 Å². The Balaban J connectivity index is 2.12. The molecule has 1 heterocycles. The average molecular weight is 259 g/mol. The zero-order valence-corrected chi connectivity index (χ0v) is 9.70.